The monoisotopic (exact) mass is 262 g/mol. The van der Waals surface area contributed by atoms with Crippen LogP contribution in [0.1, 0.15) is 16.7 Å². The highest BCUT2D eigenvalue weighted by molar-refractivity contribution is 9.10. The van der Waals surface area contributed by atoms with Gasteiger partial charge in [0, 0.05) is 4.47 Å². The number of hydrogen-bond acceptors (Lipinski definition) is 0. The van der Waals surface area contributed by atoms with Gasteiger partial charge in [-0.15, -0.1) is 0 Å². The molecule has 0 fully saturated rings. The summed E-state index contributed by atoms with van der Waals surface area (Å²) >= 11 is 3.00. The van der Waals surface area contributed by atoms with E-state index < -0.39 is 11.7 Å². The molecular weight excluding hydrogens is 257 g/mol. The molecule has 0 spiro atoms. The van der Waals surface area contributed by atoms with Gasteiger partial charge in [0.2, 0.25) is 0 Å². The molecule has 0 aliphatic heterocycles. The Hall–Kier alpha value is -0.770. The molecule has 0 amide bonds. The van der Waals surface area contributed by atoms with Gasteiger partial charge in [0.1, 0.15) is 0 Å². The van der Waals surface area contributed by atoms with Crippen LogP contribution in [0.2, 0.25) is 0 Å². The van der Waals surface area contributed by atoms with Crippen LogP contribution >= 0.6 is 15.9 Å². The van der Waals surface area contributed by atoms with Crippen LogP contribution in [-0.2, 0) is 12.6 Å². The molecule has 0 unspecified atom stereocenters. The Morgan fingerprint density at radius 1 is 1.21 bits per heavy atom. The lowest BCUT2D eigenvalue weighted by Crippen LogP contribution is -2.07. The largest absolute Gasteiger partial charge is 0.417 e. The molecule has 14 heavy (non-hydrogen) atoms. The summed E-state index contributed by atoms with van der Waals surface area (Å²) in [5.41, 5.74) is 0.979. The minimum atomic E-state index is -4.29. The fourth-order valence-corrected chi connectivity index (χ4v) is 2.26. The maximum absolute atomic E-state index is 12.5. The van der Waals surface area contributed by atoms with Crippen molar-refractivity contribution in [3.05, 3.63) is 39.4 Å². The Kier molecular flexibility index (Phi) is 2.18. The van der Waals surface area contributed by atoms with Gasteiger partial charge >= 0.3 is 6.18 Å². The van der Waals surface area contributed by atoms with E-state index in [0.717, 1.165) is 11.6 Å². The molecule has 0 bridgehead atoms. The van der Waals surface area contributed by atoms with Gasteiger partial charge in [-0.05, 0) is 39.5 Å². The van der Waals surface area contributed by atoms with Crippen molar-refractivity contribution >= 4 is 22.0 Å². The normalized spacial score (nSPS) is 14.6. The van der Waals surface area contributed by atoms with Gasteiger partial charge < -0.3 is 0 Å². The molecule has 0 N–H and O–H groups in total. The first-order valence-electron chi connectivity index (χ1n) is 4.05. The van der Waals surface area contributed by atoms with Crippen molar-refractivity contribution in [1.82, 2.24) is 0 Å². The summed E-state index contributed by atoms with van der Waals surface area (Å²) in [5, 5.41) is 0. The van der Waals surface area contributed by atoms with Gasteiger partial charge in [-0.2, -0.15) is 13.2 Å². The molecule has 0 saturated carbocycles. The highest BCUT2D eigenvalue weighted by Gasteiger charge is 2.34. The Labute approximate surface area is 87.6 Å². The Morgan fingerprint density at radius 2 is 1.93 bits per heavy atom. The van der Waals surface area contributed by atoms with E-state index in [0.29, 0.717) is 12.0 Å². The molecule has 2 rings (SSSR count). The number of alkyl halides is 3. The molecule has 0 aromatic heterocycles. The van der Waals surface area contributed by atoms with Gasteiger partial charge in [-0.1, -0.05) is 18.2 Å². The summed E-state index contributed by atoms with van der Waals surface area (Å²) in [4.78, 5) is 0. The molecule has 0 heterocycles. The molecule has 1 aliphatic carbocycles. The zero-order valence-electron chi connectivity index (χ0n) is 7.03. The SMILES string of the molecule is FC(F)(F)c1ccc2c(c1Br)C=CC2. The summed E-state index contributed by atoms with van der Waals surface area (Å²) in [6, 6.07) is 2.65. The highest BCUT2D eigenvalue weighted by atomic mass is 79.9. The van der Waals surface area contributed by atoms with E-state index in [-0.39, 0.29) is 4.47 Å². The highest BCUT2D eigenvalue weighted by Crippen LogP contribution is 2.39. The smallest absolute Gasteiger partial charge is 0.166 e. The maximum atomic E-state index is 12.5. The molecule has 4 heteroatoms. The van der Waals surface area contributed by atoms with E-state index in [1.165, 1.54) is 6.07 Å². The topological polar surface area (TPSA) is 0 Å². The molecule has 1 aliphatic rings. The lowest BCUT2D eigenvalue weighted by atomic mass is 10.1. The number of benzene rings is 1. The standard InChI is InChI=1S/C10H6BrF3/c11-9-7-3-1-2-6(7)4-5-8(9)10(12,13)14/h1,3-5H,2H2. The van der Waals surface area contributed by atoms with Crippen molar-refractivity contribution in [2.75, 3.05) is 0 Å². The van der Waals surface area contributed by atoms with Crippen molar-refractivity contribution in [3.8, 4) is 0 Å². The third kappa shape index (κ3) is 1.47. The minimum Gasteiger partial charge on any atom is -0.166 e. The van der Waals surface area contributed by atoms with Gasteiger partial charge in [-0.25, -0.2) is 0 Å². The van der Waals surface area contributed by atoms with Crippen LogP contribution in [0.3, 0.4) is 0 Å². The maximum Gasteiger partial charge on any atom is 0.417 e. The fourth-order valence-electron chi connectivity index (χ4n) is 1.51. The molecule has 0 saturated heterocycles. The summed E-state index contributed by atoms with van der Waals surface area (Å²) in [6.45, 7) is 0. The van der Waals surface area contributed by atoms with Crippen LogP contribution in [0.5, 0.6) is 0 Å². The van der Waals surface area contributed by atoms with Crippen LogP contribution in [0.4, 0.5) is 13.2 Å². The summed E-state index contributed by atoms with van der Waals surface area (Å²) in [7, 11) is 0. The van der Waals surface area contributed by atoms with Crippen LogP contribution in [0.15, 0.2) is 22.7 Å². The first-order chi connectivity index (χ1) is 6.50. The zero-order chi connectivity index (χ0) is 10.3. The molecule has 1 aromatic carbocycles. The third-order valence-electron chi connectivity index (χ3n) is 2.20. The number of halogens is 4. The second-order valence-corrected chi connectivity index (χ2v) is 3.90. The quantitative estimate of drug-likeness (QED) is 0.662. The number of hydrogen-bond donors (Lipinski definition) is 0. The van der Waals surface area contributed by atoms with E-state index >= 15 is 0 Å². The number of fused-ring (bicyclic) bond motifs is 1. The zero-order valence-corrected chi connectivity index (χ0v) is 8.61. The number of allylic oxidation sites excluding steroid dienone is 1. The van der Waals surface area contributed by atoms with Crippen LogP contribution in [0, 0.1) is 0 Å². The molecule has 1 aromatic rings. The van der Waals surface area contributed by atoms with Gasteiger partial charge in [0.25, 0.3) is 0 Å². The average molecular weight is 263 g/mol. The van der Waals surface area contributed by atoms with Crippen molar-refractivity contribution in [2.24, 2.45) is 0 Å². The summed E-state index contributed by atoms with van der Waals surface area (Å²) < 4.78 is 37.5. The van der Waals surface area contributed by atoms with Gasteiger partial charge in [0.15, 0.2) is 0 Å². The third-order valence-corrected chi connectivity index (χ3v) is 3.05. The predicted octanol–water partition coefficient (Wildman–Crippen LogP) is 4.04. The lowest BCUT2D eigenvalue weighted by Gasteiger charge is -2.11. The lowest BCUT2D eigenvalue weighted by molar-refractivity contribution is -0.138. The first-order valence-corrected chi connectivity index (χ1v) is 4.84. The summed E-state index contributed by atoms with van der Waals surface area (Å²) in [5.74, 6) is 0. The average Bonchev–Trinajstić information content (AvgIpc) is 2.50. The van der Waals surface area contributed by atoms with Crippen LogP contribution < -0.4 is 0 Å². The van der Waals surface area contributed by atoms with Crippen molar-refractivity contribution in [3.63, 3.8) is 0 Å². The minimum absolute atomic E-state index is 0.149. The Bertz CT molecular complexity index is 405. The van der Waals surface area contributed by atoms with Gasteiger partial charge in [-0.3, -0.25) is 0 Å². The van der Waals surface area contributed by atoms with E-state index in [1.54, 1.807) is 6.08 Å². The van der Waals surface area contributed by atoms with Crippen LogP contribution in [-0.4, -0.2) is 0 Å². The Morgan fingerprint density at radius 3 is 2.57 bits per heavy atom. The Balaban J connectivity index is 2.61. The molecule has 0 nitrogen and oxygen atoms in total. The van der Waals surface area contributed by atoms with E-state index in [4.69, 9.17) is 0 Å². The van der Waals surface area contributed by atoms with E-state index in [9.17, 15) is 13.2 Å². The molecule has 0 radical (unpaired) electrons. The molecule has 74 valence electrons. The number of rotatable bonds is 0. The van der Waals surface area contributed by atoms with Crippen molar-refractivity contribution < 1.29 is 13.2 Å². The molecular formula is C10H6BrF3. The summed E-state index contributed by atoms with van der Waals surface area (Å²) in [6.07, 6.45) is 0.000597. The second-order valence-electron chi connectivity index (χ2n) is 3.10. The van der Waals surface area contributed by atoms with E-state index in [2.05, 4.69) is 15.9 Å². The van der Waals surface area contributed by atoms with Gasteiger partial charge in [0.05, 0.1) is 5.56 Å². The van der Waals surface area contributed by atoms with Crippen molar-refractivity contribution in [2.45, 2.75) is 12.6 Å². The molecule has 0 atom stereocenters. The fraction of sp³-hybridized carbons (Fsp3) is 0.200. The van der Waals surface area contributed by atoms with Crippen LogP contribution in [0.25, 0.3) is 6.08 Å². The predicted molar refractivity (Wildman–Crippen MR) is 51.9 cm³/mol. The first kappa shape index (κ1) is 9.77. The second kappa shape index (κ2) is 3.12. The van der Waals surface area contributed by atoms with E-state index in [1.807, 2.05) is 6.08 Å². The van der Waals surface area contributed by atoms with Crippen molar-refractivity contribution in [1.29, 1.82) is 0 Å².